The maximum Gasteiger partial charge on any atom is 0.341 e. The number of carboxylic acids is 1. The third-order valence-electron chi connectivity index (χ3n) is 6.01. The van der Waals surface area contributed by atoms with Gasteiger partial charge in [0.15, 0.2) is 12.4 Å². The van der Waals surface area contributed by atoms with Crippen molar-refractivity contribution in [2.24, 2.45) is 4.99 Å². The van der Waals surface area contributed by atoms with Crippen LogP contribution in [0.1, 0.15) is 71.3 Å². The van der Waals surface area contributed by atoms with E-state index in [-0.39, 0.29) is 27.7 Å². The van der Waals surface area contributed by atoms with E-state index in [1.807, 2.05) is 0 Å². The summed E-state index contributed by atoms with van der Waals surface area (Å²) in [7, 11) is 0. The van der Waals surface area contributed by atoms with Gasteiger partial charge >= 0.3 is 5.97 Å². The number of amides is 1. The topological polar surface area (TPSA) is 88.0 Å². The van der Waals surface area contributed by atoms with Crippen LogP contribution in [0.2, 0.25) is 10.0 Å². The van der Waals surface area contributed by atoms with Gasteiger partial charge in [0, 0.05) is 17.1 Å². The monoisotopic (exact) mass is 508 g/mol. The maximum absolute atomic E-state index is 13.3. The number of rotatable bonds is 7. The number of carbonyl (C=O) groups excluding carboxylic acids is 1. The number of fused-ring (bicyclic) bond motifs is 1. The Morgan fingerprint density at radius 1 is 1.12 bits per heavy atom. The molecule has 0 bridgehead atoms. The number of thiophene rings is 1. The summed E-state index contributed by atoms with van der Waals surface area (Å²) >= 11 is 14.1. The van der Waals surface area contributed by atoms with E-state index in [4.69, 9.17) is 33.0 Å². The lowest BCUT2D eigenvalue weighted by molar-refractivity contribution is -0.139. The number of aryl methyl sites for hydroxylation is 1. The van der Waals surface area contributed by atoms with Crippen molar-refractivity contribution >= 4 is 57.6 Å². The van der Waals surface area contributed by atoms with E-state index in [2.05, 4.69) is 10.3 Å². The number of benzene rings is 1. The standard InChI is InChI=1S/C24H26Cl2N2O4S/c25-17-10-14(11-18(26)22(17)32-13-20(29)30)12-27-24-21(16-8-4-5-9-19(16)33-24)23(31)28-15-6-2-1-3-7-15/h10-12,15H,1-9,13H2,(H,28,31)(H,29,30). The molecule has 0 radical (unpaired) electrons. The van der Waals surface area contributed by atoms with Crippen molar-refractivity contribution < 1.29 is 19.4 Å². The third-order valence-corrected chi connectivity index (χ3v) is 7.77. The van der Waals surface area contributed by atoms with Gasteiger partial charge in [-0.25, -0.2) is 9.79 Å². The van der Waals surface area contributed by atoms with Crippen LogP contribution in [-0.4, -0.2) is 35.8 Å². The van der Waals surface area contributed by atoms with Crippen LogP contribution in [-0.2, 0) is 17.6 Å². The molecule has 0 unspecified atom stereocenters. The molecule has 1 aromatic carbocycles. The average molecular weight is 509 g/mol. The zero-order chi connectivity index (χ0) is 23.4. The smallest absolute Gasteiger partial charge is 0.341 e. The van der Waals surface area contributed by atoms with Gasteiger partial charge in [-0.3, -0.25) is 4.79 Å². The molecule has 2 aromatic rings. The Labute approximate surface area is 207 Å². The van der Waals surface area contributed by atoms with Crippen molar-refractivity contribution in [1.82, 2.24) is 5.32 Å². The number of aliphatic imine (C=N–C) groups is 1. The van der Waals surface area contributed by atoms with Gasteiger partial charge in [0.05, 0.1) is 15.6 Å². The lowest BCUT2D eigenvalue weighted by Crippen LogP contribution is -2.36. The number of hydrogen-bond donors (Lipinski definition) is 2. The maximum atomic E-state index is 13.3. The molecule has 33 heavy (non-hydrogen) atoms. The summed E-state index contributed by atoms with van der Waals surface area (Å²) in [6.07, 6.45) is 11.3. The number of halogens is 2. The molecule has 6 nitrogen and oxygen atoms in total. The number of carbonyl (C=O) groups is 2. The minimum Gasteiger partial charge on any atom is -0.479 e. The predicted octanol–water partition coefficient (Wildman–Crippen LogP) is 6.21. The van der Waals surface area contributed by atoms with Crippen LogP contribution in [0.25, 0.3) is 0 Å². The van der Waals surface area contributed by atoms with Crippen molar-refractivity contribution in [3.63, 3.8) is 0 Å². The quantitative estimate of drug-likeness (QED) is 0.435. The van der Waals surface area contributed by atoms with Crippen molar-refractivity contribution in [3.8, 4) is 5.75 Å². The molecule has 1 heterocycles. The Hall–Kier alpha value is -2.09. The molecule has 1 fully saturated rings. The Morgan fingerprint density at radius 3 is 2.52 bits per heavy atom. The number of nitrogens with one attached hydrogen (secondary N) is 1. The molecule has 2 aliphatic rings. The molecule has 0 aliphatic heterocycles. The van der Waals surface area contributed by atoms with Crippen molar-refractivity contribution in [2.75, 3.05) is 6.61 Å². The molecule has 2 aliphatic carbocycles. The minimum atomic E-state index is -1.12. The second-order valence-electron chi connectivity index (χ2n) is 8.45. The largest absolute Gasteiger partial charge is 0.479 e. The molecule has 0 saturated heterocycles. The molecule has 0 atom stereocenters. The van der Waals surface area contributed by atoms with Gasteiger partial charge in [0.2, 0.25) is 0 Å². The van der Waals surface area contributed by atoms with Crippen molar-refractivity contribution in [3.05, 3.63) is 43.7 Å². The summed E-state index contributed by atoms with van der Waals surface area (Å²) in [5, 5.41) is 13.1. The van der Waals surface area contributed by atoms with E-state index >= 15 is 0 Å². The molecular weight excluding hydrogens is 483 g/mol. The number of nitrogens with zero attached hydrogens (tertiary/aromatic N) is 1. The fourth-order valence-electron chi connectivity index (χ4n) is 4.44. The Morgan fingerprint density at radius 2 is 1.82 bits per heavy atom. The molecule has 2 N–H and O–H groups in total. The molecule has 1 aromatic heterocycles. The van der Waals surface area contributed by atoms with Crippen LogP contribution in [0.4, 0.5) is 5.00 Å². The first-order chi connectivity index (χ1) is 15.9. The van der Waals surface area contributed by atoms with E-state index in [0.29, 0.717) is 16.1 Å². The molecule has 1 saturated carbocycles. The van der Waals surface area contributed by atoms with Crippen LogP contribution in [0.5, 0.6) is 5.75 Å². The van der Waals surface area contributed by atoms with Gasteiger partial charge in [-0.1, -0.05) is 42.5 Å². The normalized spacial score (nSPS) is 16.5. The summed E-state index contributed by atoms with van der Waals surface area (Å²) in [4.78, 5) is 29.9. The lowest BCUT2D eigenvalue weighted by atomic mass is 9.93. The first-order valence-corrected chi connectivity index (χ1v) is 12.8. The first kappa shape index (κ1) is 24.0. The number of ether oxygens (including phenoxy) is 1. The van der Waals surface area contributed by atoms with Gasteiger partial charge < -0.3 is 15.2 Å². The highest BCUT2D eigenvalue weighted by Crippen LogP contribution is 2.40. The minimum absolute atomic E-state index is 0.0260. The van der Waals surface area contributed by atoms with Crippen LogP contribution in [0, 0.1) is 0 Å². The predicted molar refractivity (Wildman–Crippen MR) is 132 cm³/mol. The SMILES string of the molecule is O=C(O)COc1c(Cl)cc(C=Nc2sc3c(c2C(=O)NC2CCCCC2)CCCC3)cc1Cl. The highest BCUT2D eigenvalue weighted by atomic mass is 35.5. The molecule has 176 valence electrons. The summed E-state index contributed by atoms with van der Waals surface area (Å²) < 4.78 is 5.17. The fraction of sp³-hybridized carbons (Fsp3) is 0.458. The van der Waals surface area contributed by atoms with E-state index in [1.165, 1.54) is 11.3 Å². The zero-order valence-electron chi connectivity index (χ0n) is 18.2. The van der Waals surface area contributed by atoms with Gasteiger partial charge in [-0.15, -0.1) is 11.3 Å². The molecule has 1 amide bonds. The van der Waals surface area contributed by atoms with Gasteiger partial charge in [0.25, 0.3) is 5.91 Å². The number of carboxylic acid groups (broad SMARTS) is 1. The van der Waals surface area contributed by atoms with Gasteiger partial charge in [0.1, 0.15) is 5.00 Å². The second-order valence-corrected chi connectivity index (χ2v) is 10.4. The van der Waals surface area contributed by atoms with Crippen LogP contribution >= 0.6 is 34.5 Å². The van der Waals surface area contributed by atoms with E-state index in [1.54, 1.807) is 29.7 Å². The molecule has 9 heteroatoms. The van der Waals surface area contributed by atoms with E-state index in [0.717, 1.165) is 56.9 Å². The van der Waals surface area contributed by atoms with E-state index < -0.39 is 12.6 Å². The van der Waals surface area contributed by atoms with Crippen molar-refractivity contribution in [2.45, 2.75) is 63.8 Å². The summed E-state index contributed by atoms with van der Waals surface area (Å²) in [5.41, 5.74) is 2.48. The Balaban J connectivity index is 1.59. The van der Waals surface area contributed by atoms with Crippen molar-refractivity contribution in [1.29, 1.82) is 0 Å². The summed E-state index contributed by atoms with van der Waals surface area (Å²) in [5.74, 6) is -1.02. The van der Waals surface area contributed by atoms with Gasteiger partial charge in [-0.2, -0.15) is 0 Å². The molecular formula is C24H26Cl2N2O4S. The summed E-state index contributed by atoms with van der Waals surface area (Å²) in [6.45, 7) is -0.535. The zero-order valence-corrected chi connectivity index (χ0v) is 20.5. The summed E-state index contributed by atoms with van der Waals surface area (Å²) in [6, 6.07) is 3.46. The Kier molecular flexibility index (Phi) is 7.94. The second kappa shape index (κ2) is 10.9. The van der Waals surface area contributed by atoms with Crippen LogP contribution in [0.3, 0.4) is 0 Å². The highest BCUT2D eigenvalue weighted by Gasteiger charge is 2.27. The number of hydrogen-bond acceptors (Lipinski definition) is 5. The lowest BCUT2D eigenvalue weighted by Gasteiger charge is -2.23. The third kappa shape index (κ3) is 5.89. The molecule has 0 spiro atoms. The van der Waals surface area contributed by atoms with E-state index in [9.17, 15) is 9.59 Å². The van der Waals surface area contributed by atoms with Gasteiger partial charge in [-0.05, 0) is 61.8 Å². The van der Waals surface area contributed by atoms with Crippen LogP contribution in [0.15, 0.2) is 17.1 Å². The van der Waals surface area contributed by atoms with Crippen LogP contribution < -0.4 is 10.1 Å². The fourth-order valence-corrected chi connectivity index (χ4v) is 6.28. The Bertz CT molecular complexity index is 1050. The number of aliphatic carboxylic acids is 1. The highest BCUT2D eigenvalue weighted by molar-refractivity contribution is 7.16. The average Bonchev–Trinajstić information content (AvgIpc) is 3.16. The molecule has 4 rings (SSSR count). The first-order valence-electron chi connectivity index (χ1n) is 11.3.